The van der Waals surface area contributed by atoms with Gasteiger partial charge in [-0.05, 0) is 28.5 Å². The summed E-state index contributed by atoms with van der Waals surface area (Å²) in [5.41, 5.74) is 4.57. The van der Waals surface area contributed by atoms with E-state index in [1.54, 1.807) is 0 Å². The van der Waals surface area contributed by atoms with Crippen molar-refractivity contribution in [3.63, 3.8) is 0 Å². The summed E-state index contributed by atoms with van der Waals surface area (Å²) in [6, 6.07) is 15.3. The number of hydrogen-bond donors (Lipinski definition) is 2. The molecule has 0 saturated heterocycles. The number of rotatable bonds is 6. The average Bonchev–Trinajstić information content (AvgIpc) is 2.89. The second-order valence-electron chi connectivity index (χ2n) is 5.84. The van der Waals surface area contributed by atoms with Crippen LogP contribution in [0, 0.1) is 0 Å². The van der Waals surface area contributed by atoms with Crippen molar-refractivity contribution >= 4 is 23.6 Å². The molecule has 0 bridgehead atoms. The van der Waals surface area contributed by atoms with Crippen LogP contribution in [-0.4, -0.2) is 35.0 Å². The Hall–Kier alpha value is -2.27. The second kappa shape index (κ2) is 7.09. The zero-order valence-corrected chi connectivity index (χ0v) is 14.2. The number of nitrogens with one attached hydrogen (secondary N) is 1. The minimum Gasteiger partial charge on any atom is -0.480 e. The van der Waals surface area contributed by atoms with Crippen LogP contribution in [0.15, 0.2) is 48.5 Å². The van der Waals surface area contributed by atoms with E-state index >= 15 is 0 Å². The Bertz CT molecular complexity index is 729. The van der Waals surface area contributed by atoms with Crippen molar-refractivity contribution in [3.05, 3.63) is 59.7 Å². The van der Waals surface area contributed by atoms with Crippen molar-refractivity contribution < 1.29 is 14.7 Å². The highest BCUT2D eigenvalue weighted by molar-refractivity contribution is 7.98. The Morgan fingerprint density at radius 3 is 2.12 bits per heavy atom. The van der Waals surface area contributed by atoms with Crippen LogP contribution in [0.5, 0.6) is 0 Å². The van der Waals surface area contributed by atoms with Crippen LogP contribution in [0.4, 0.5) is 0 Å². The summed E-state index contributed by atoms with van der Waals surface area (Å²) >= 11 is 1.40. The van der Waals surface area contributed by atoms with E-state index in [-0.39, 0.29) is 18.2 Å². The Morgan fingerprint density at radius 2 is 1.62 bits per heavy atom. The molecule has 0 spiro atoms. The summed E-state index contributed by atoms with van der Waals surface area (Å²) in [6.07, 6.45) is 2.08. The van der Waals surface area contributed by atoms with E-state index in [2.05, 4.69) is 17.4 Å². The molecule has 5 heteroatoms. The molecule has 2 N–H and O–H groups in total. The zero-order chi connectivity index (χ0) is 17.1. The molecular formula is C19H19NO3S. The van der Waals surface area contributed by atoms with Gasteiger partial charge in [-0.15, -0.1) is 0 Å². The number of carboxylic acids is 1. The number of carbonyl (C=O) groups is 2. The largest absolute Gasteiger partial charge is 0.480 e. The maximum absolute atomic E-state index is 12.4. The number of hydrogen-bond acceptors (Lipinski definition) is 3. The standard InChI is InChI=1S/C19H19NO3S/c1-24-11-17(19(22)23)20-18(21)10-16-14-8-4-2-6-12(14)13-7-3-5-9-15(13)16/h2-9,16-17H,10-11H2,1H3,(H,20,21)(H,22,23). The molecule has 2 aromatic carbocycles. The molecule has 0 fully saturated rings. The van der Waals surface area contributed by atoms with E-state index in [1.165, 1.54) is 11.8 Å². The highest BCUT2D eigenvalue weighted by atomic mass is 32.2. The first kappa shape index (κ1) is 16.6. The van der Waals surface area contributed by atoms with E-state index in [0.29, 0.717) is 5.75 Å². The summed E-state index contributed by atoms with van der Waals surface area (Å²) in [4.78, 5) is 23.7. The van der Waals surface area contributed by atoms with Gasteiger partial charge in [0.1, 0.15) is 6.04 Å². The van der Waals surface area contributed by atoms with Crippen LogP contribution in [0.3, 0.4) is 0 Å². The third kappa shape index (κ3) is 3.17. The fourth-order valence-corrected chi connectivity index (χ4v) is 3.82. The van der Waals surface area contributed by atoms with E-state index in [0.717, 1.165) is 22.3 Å². The topological polar surface area (TPSA) is 66.4 Å². The SMILES string of the molecule is CSCC(NC(=O)CC1c2ccccc2-c2ccccc21)C(=O)O. The lowest BCUT2D eigenvalue weighted by molar-refractivity contribution is -0.141. The molecule has 124 valence electrons. The molecule has 0 aliphatic heterocycles. The molecule has 4 nitrogen and oxygen atoms in total. The lowest BCUT2D eigenvalue weighted by atomic mass is 9.93. The number of thioether (sulfide) groups is 1. The Morgan fingerprint density at radius 1 is 1.08 bits per heavy atom. The fraction of sp³-hybridized carbons (Fsp3) is 0.263. The second-order valence-corrected chi connectivity index (χ2v) is 6.76. The lowest BCUT2D eigenvalue weighted by Crippen LogP contribution is -2.42. The predicted octanol–water partition coefficient (Wildman–Crippen LogP) is 3.12. The van der Waals surface area contributed by atoms with Gasteiger partial charge in [0.05, 0.1) is 0 Å². The van der Waals surface area contributed by atoms with Crippen molar-refractivity contribution in [3.8, 4) is 11.1 Å². The van der Waals surface area contributed by atoms with Crippen LogP contribution in [0.25, 0.3) is 11.1 Å². The lowest BCUT2D eigenvalue weighted by Gasteiger charge is -2.17. The van der Waals surface area contributed by atoms with Crippen molar-refractivity contribution in [1.29, 1.82) is 0 Å². The quantitative estimate of drug-likeness (QED) is 0.847. The fourth-order valence-electron chi connectivity index (χ4n) is 3.26. The van der Waals surface area contributed by atoms with E-state index in [4.69, 9.17) is 0 Å². The minimum absolute atomic E-state index is 0.0267. The zero-order valence-electron chi connectivity index (χ0n) is 13.4. The molecule has 2 aromatic rings. The van der Waals surface area contributed by atoms with Crippen LogP contribution < -0.4 is 5.32 Å². The van der Waals surface area contributed by atoms with Crippen molar-refractivity contribution in [2.45, 2.75) is 18.4 Å². The van der Waals surface area contributed by atoms with Gasteiger partial charge in [-0.1, -0.05) is 48.5 Å². The Labute approximate surface area is 145 Å². The van der Waals surface area contributed by atoms with Gasteiger partial charge < -0.3 is 10.4 Å². The minimum atomic E-state index is -0.995. The maximum atomic E-state index is 12.4. The van der Waals surface area contributed by atoms with Gasteiger partial charge in [0.2, 0.25) is 5.91 Å². The molecule has 1 aliphatic carbocycles. The Kier molecular flexibility index (Phi) is 4.90. The summed E-state index contributed by atoms with van der Waals surface area (Å²) in [6.45, 7) is 0. The molecule has 1 amide bonds. The molecule has 0 saturated carbocycles. The molecule has 0 heterocycles. The Balaban J connectivity index is 1.82. The molecule has 0 radical (unpaired) electrons. The first-order valence-corrected chi connectivity index (χ1v) is 9.20. The summed E-state index contributed by atoms with van der Waals surface area (Å²) in [7, 11) is 0. The summed E-state index contributed by atoms with van der Waals surface area (Å²) in [5.74, 6) is -0.891. The maximum Gasteiger partial charge on any atom is 0.327 e. The van der Waals surface area contributed by atoms with Gasteiger partial charge >= 0.3 is 5.97 Å². The number of carboxylic acid groups (broad SMARTS) is 1. The van der Waals surface area contributed by atoms with Crippen molar-refractivity contribution in [2.75, 3.05) is 12.0 Å². The molecule has 1 aliphatic rings. The average molecular weight is 341 g/mol. The highest BCUT2D eigenvalue weighted by Crippen LogP contribution is 2.45. The number of fused-ring (bicyclic) bond motifs is 3. The molecular weight excluding hydrogens is 322 g/mol. The monoisotopic (exact) mass is 341 g/mol. The summed E-state index contributed by atoms with van der Waals surface area (Å²) < 4.78 is 0. The molecule has 3 rings (SSSR count). The molecule has 1 atom stereocenters. The van der Waals surface area contributed by atoms with Gasteiger partial charge in [0.15, 0.2) is 0 Å². The van der Waals surface area contributed by atoms with Crippen LogP contribution in [-0.2, 0) is 9.59 Å². The van der Waals surface area contributed by atoms with Gasteiger partial charge in [0, 0.05) is 18.1 Å². The first-order valence-electron chi connectivity index (χ1n) is 7.81. The van der Waals surface area contributed by atoms with Crippen LogP contribution in [0.2, 0.25) is 0 Å². The highest BCUT2D eigenvalue weighted by Gasteiger charge is 2.30. The van der Waals surface area contributed by atoms with E-state index in [9.17, 15) is 14.7 Å². The van der Waals surface area contributed by atoms with Crippen LogP contribution in [0.1, 0.15) is 23.5 Å². The molecule has 1 unspecified atom stereocenters. The van der Waals surface area contributed by atoms with Gasteiger partial charge in [-0.25, -0.2) is 4.79 Å². The van der Waals surface area contributed by atoms with Gasteiger partial charge in [-0.3, -0.25) is 4.79 Å². The van der Waals surface area contributed by atoms with E-state index < -0.39 is 12.0 Å². The first-order chi connectivity index (χ1) is 11.6. The van der Waals surface area contributed by atoms with Crippen molar-refractivity contribution in [1.82, 2.24) is 5.32 Å². The number of aliphatic carboxylic acids is 1. The van der Waals surface area contributed by atoms with Crippen LogP contribution >= 0.6 is 11.8 Å². The number of carbonyl (C=O) groups excluding carboxylic acids is 1. The van der Waals surface area contributed by atoms with E-state index in [1.807, 2.05) is 42.7 Å². The predicted molar refractivity (Wildman–Crippen MR) is 96.3 cm³/mol. The van der Waals surface area contributed by atoms with Gasteiger partial charge in [-0.2, -0.15) is 11.8 Å². The molecule has 0 aromatic heterocycles. The third-order valence-corrected chi connectivity index (χ3v) is 4.99. The number of amides is 1. The number of benzene rings is 2. The summed E-state index contributed by atoms with van der Waals surface area (Å²) in [5, 5.41) is 11.8. The normalized spacial score (nSPS) is 13.9. The van der Waals surface area contributed by atoms with Gasteiger partial charge in [0.25, 0.3) is 0 Å². The van der Waals surface area contributed by atoms with Crippen molar-refractivity contribution in [2.24, 2.45) is 0 Å². The smallest absolute Gasteiger partial charge is 0.327 e. The molecule has 24 heavy (non-hydrogen) atoms. The third-order valence-electron chi connectivity index (χ3n) is 4.32.